The third-order valence-electron chi connectivity index (χ3n) is 2.53. The number of aliphatic hydroxyl groups excluding tert-OH is 2. The van der Waals surface area contributed by atoms with Crippen molar-refractivity contribution >= 4 is 5.91 Å². The lowest BCUT2D eigenvalue weighted by Crippen LogP contribution is -3.00. The van der Waals surface area contributed by atoms with Crippen molar-refractivity contribution in [3.8, 4) is 0 Å². The fraction of sp³-hybridized carbons (Fsp3) is 0.750. The standard InChI is InChI=1S/C12H24N2O3.ClH/c1-10(2)12(17)13-6-5-7-14(3,4)8-11(16)9-15;/h11,15-16H,1,5-9H2,2-4H3;1H. The van der Waals surface area contributed by atoms with Gasteiger partial charge in [-0.25, -0.2) is 0 Å². The summed E-state index contributed by atoms with van der Waals surface area (Å²) in [5.74, 6) is -0.120. The number of likely N-dealkylation sites (N-methyl/N-ethyl adjacent to an activating group) is 1. The average molecular weight is 281 g/mol. The summed E-state index contributed by atoms with van der Waals surface area (Å²) in [5, 5.41) is 20.9. The molecule has 1 amide bonds. The highest BCUT2D eigenvalue weighted by Crippen LogP contribution is 2.01. The predicted octanol–water partition coefficient (Wildman–Crippen LogP) is -3.50. The van der Waals surface area contributed by atoms with E-state index in [2.05, 4.69) is 11.9 Å². The fourth-order valence-electron chi connectivity index (χ4n) is 1.58. The van der Waals surface area contributed by atoms with Gasteiger partial charge in [0.1, 0.15) is 12.6 Å². The van der Waals surface area contributed by atoms with E-state index in [1.807, 2.05) is 14.1 Å². The van der Waals surface area contributed by atoms with Crippen molar-refractivity contribution in [3.63, 3.8) is 0 Å². The summed E-state index contributed by atoms with van der Waals surface area (Å²) in [7, 11) is 3.97. The Balaban J connectivity index is 0. The van der Waals surface area contributed by atoms with Gasteiger partial charge in [-0.1, -0.05) is 6.58 Å². The van der Waals surface area contributed by atoms with Crippen molar-refractivity contribution < 1.29 is 31.9 Å². The Morgan fingerprint density at radius 1 is 1.44 bits per heavy atom. The predicted molar refractivity (Wildman–Crippen MR) is 67.4 cm³/mol. The molecule has 0 fully saturated rings. The molecule has 0 aliphatic heterocycles. The SMILES string of the molecule is C=C(C)C(=O)NCCC[N+](C)(C)CC(O)CO.[Cl-]. The largest absolute Gasteiger partial charge is 1.00 e. The third-order valence-corrected chi connectivity index (χ3v) is 2.53. The Kier molecular flexibility index (Phi) is 10.2. The topological polar surface area (TPSA) is 69.6 Å². The molecule has 0 aliphatic carbocycles. The molecule has 1 unspecified atom stereocenters. The molecule has 0 heterocycles. The molecule has 0 saturated heterocycles. The molecule has 0 aromatic heterocycles. The van der Waals surface area contributed by atoms with E-state index in [0.29, 0.717) is 23.1 Å². The molecular weight excluding hydrogens is 256 g/mol. The minimum absolute atomic E-state index is 0. The first-order valence-corrected chi connectivity index (χ1v) is 5.83. The second-order valence-electron chi connectivity index (χ2n) is 5.07. The number of nitrogens with zero attached hydrogens (tertiary/aromatic N) is 1. The molecule has 0 saturated carbocycles. The number of halogens is 1. The van der Waals surface area contributed by atoms with Gasteiger partial charge in [0.05, 0.1) is 27.2 Å². The Hall–Kier alpha value is -0.620. The molecule has 0 rings (SSSR count). The quantitative estimate of drug-likeness (QED) is 0.246. The first kappa shape index (κ1) is 19.7. The Morgan fingerprint density at radius 2 is 2.00 bits per heavy atom. The molecule has 0 aromatic carbocycles. The van der Waals surface area contributed by atoms with Crippen molar-refractivity contribution in [2.24, 2.45) is 0 Å². The number of aliphatic hydroxyl groups is 2. The van der Waals surface area contributed by atoms with Crippen LogP contribution in [0.5, 0.6) is 0 Å². The van der Waals surface area contributed by atoms with Crippen LogP contribution in [0.2, 0.25) is 0 Å². The highest BCUT2D eigenvalue weighted by atomic mass is 35.5. The summed E-state index contributed by atoms with van der Waals surface area (Å²) in [5.41, 5.74) is 0.509. The van der Waals surface area contributed by atoms with Gasteiger partial charge in [0.2, 0.25) is 5.91 Å². The monoisotopic (exact) mass is 280 g/mol. The maximum atomic E-state index is 11.2. The summed E-state index contributed by atoms with van der Waals surface area (Å²) < 4.78 is 0.616. The highest BCUT2D eigenvalue weighted by Gasteiger charge is 2.19. The lowest BCUT2D eigenvalue weighted by Gasteiger charge is -2.31. The van der Waals surface area contributed by atoms with Gasteiger partial charge in [-0.3, -0.25) is 4.79 Å². The smallest absolute Gasteiger partial charge is 0.246 e. The van der Waals surface area contributed by atoms with Gasteiger partial charge in [0.25, 0.3) is 0 Å². The zero-order valence-corrected chi connectivity index (χ0v) is 12.2. The summed E-state index contributed by atoms with van der Waals surface area (Å²) in [6, 6.07) is 0. The van der Waals surface area contributed by atoms with Crippen molar-refractivity contribution in [3.05, 3.63) is 12.2 Å². The van der Waals surface area contributed by atoms with E-state index in [-0.39, 0.29) is 24.9 Å². The molecule has 1 atom stereocenters. The van der Waals surface area contributed by atoms with Crippen LogP contribution < -0.4 is 17.7 Å². The molecule has 3 N–H and O–H groups in total. The van der Waals surface area contributed by atoms with Crippen LogP contribution in [0.3, 0.4) is 0 Å². The molecule has 0 radical (unpaired) electrons. The number of carbonyl (C=O) groups is 1. The average Bonchev–Trinajstić information content (AvgIpc) is 2.23. The van der Waals surface area contributed by atoms with Gasteiger partial charge in [-0.2, -0.15) is 0 Å². The summed E-state index contributed by atoms with van der Waals surface area (Å²) in [4.78, 5) is 11.2. The zero-order chi connectivity index (χ0) is 13.5. The van der Waals surface area contributed by atoms with Gasteiger partial charge in [-0.05, 0) is 6.92 Å². The zero-order valence-electron chi connectivity index (χ0n) is 11.4. The summed E-state index contributed by atoms with van der Waals surface area (Å²) in [6.07, 6.45) is 0.138. The van der Waals surface area contributed by atoms with E-state index in [0.717, 1.165) is 13.0 Å². The van der Waals surface area contributed by atoms with Crippen LogP contribution >= 0.6 is 0 Å². The maximum absolute atomic E-state index is 11.2. The summed E-state index contributed by atoms with van der Waals surface area (Å²) in [6.45, 7) is 6.95. The molecule has 108 valence electrons. The van der Waals surface area contributed by atoms with Gasteiger partial charge in [0.15, 0.2) is 0 Å². The second-order valence-corrected chi connectivity index (χ2v) is 5.07. The number of hydrogen-bond acceptors (Lipinski definition) is 3. The normalized spacial score (nSPS) is 12.5. The lowest BCUT2D eigenvalue weighted by atomic mass is 10.2. The van der Waals surface area contributed by atoms with Gasteiger partial charge < -0.3 is 32.4 Å². The molecule has 5 nitrogen and oxygen atoms in total. The third kappa shape index (κ3) is 9.41. The van der Waals surface area contributed by atoms with E-state index < -0.39 is 6.10 Å². The fourth-order valence-corrected chi connectivity index (χ4v) is 1.58. The molecule has 18 heavy (non-hydrogen) atoms. The Morgan fingerprint density at radius 3 is 2.44 bits per heavy atom. The van der Waals surface area contributed by atoms with Crippen LogP contribution in [0, 0.1) is 0 Å². The second kappa shape index (κ2) is 9.33. The van der Waals surface area contributed by atoms with E-state index in [4.69, 9.17) is 5.11 Å². The first-order valence-electron chi connectivity index (χ1n) is 5.83. The van der Waals surface area contributed by atoms with E-state index in [1.165, 1.54) is 0 Å². The first-order chi connectivity index (χ1) is 7.78. The molecule has 0 spiro atoms. The molecule has 0 aliphatic rings. The number of carbonyl (C=O) groups excluding carboxylic acids is 1. The number of nitrogens with one attached hydrogen (secondary N) is 1. The number of amides is 1. The molecule has 0 aromatic rings. The van der Waals surface area contributed by atoms with Crippen molar-refractivity contribution in [1.82, 2.24) is 5.32 Å². The number of quaternary nitrogens is 1. The summed E-state index contributed by atoms with van der Waals surface area (Å²) >= 11 is 0. The molecule has 6 heteroatoms. The van der Waals surface area contributed by atoms with Crippen molar-refractivity contribution in [2.45, 2.75) is 19.4 Å². The van der Waals surface area contributed by atoms with Crippen LogP contribution in [-0.4, -0.2) is 67.0 Å². The van der Waals surface area contributed by atoms with Crippen molar-refractivity contribution in [2.75, 3.05) is 40.3 Å². The van der Waals surface area contributed by atoms with Crippen molar-refractivity contribution in [1.29, 1.82) is 0 Å². The maximum Gasteiger partial charge on any atom is 0.246 e. The van der Waals surface area contributed by atoms with Crippen LogP contribution in [0.15, 0.2) is 12.2 Å². The Labute approximate surface area is 115 Å². The van der Waals surface area contributed by atoms with Crippen LogP contribution in [-0.2, 0) is 4.79 Å². The molecule has 0 bridgehead atoms. The van der Waals surface area contributed by atoms with E-state index >= 15 is 0 Å². The minimum atomic E-state index is -0.685. The van der Waals surface area contributed by atoms with Crippen LogP contribution in [0.1, 0.15) is 13.3 Å². The lowest BCUT2D eigenvalue weighted by molar-refractivity contribution is -0.893. The molecular formula is C12H25ClN2O3. The van der Waals surface area contributed by atoms with Crippen LogP contribution in [0.25, 0.3) is 0 Å². The minimum Gasteiger partial charge on any atom is -1.00 e. The van der Waals surface area contributed by atoms with Gasteiger partial charge in [0, 0.05) is 18.5 Å². The Bertz CT molecular complexity index is 270. The van der Waals surface area contributed by atoms with Gasteiger partial charge in [-0.15, -0.1) is 0 Å². The number of hydrogen-bond donors (Lipinski definition) is 3. The van der Waals surface area contributed by atoms with E-state index in [1.54, 1.807) is 6.92 Å². The number of rotatable bonds is 8. The highest BCUT2D eigenvalue weighted by molar-refractivity contribution is 5.91. The van der Waals surface area contributed by atoms with Crippen LogP contribution in [0.4, 0.5) is 0 Å². The van der Waals surface area contributed by atoms with Gasteiger partial charge >= 0.3 is 0 Å². The van der Waals surface area contributed by atoms with E-state index in [9.17, 15) is 9.90 Å².